The van der Waals surface area contributed by atoms with Gasteiger partial charge in [0.1, 0.15) is 0 Å². The van der Waals surface area contributed by atoms with Gasteiger partial charge in [-0.3, -0.25) is 14.5 Å². The molecule has 162 valence electrons. The maximum atomic E-state index is 13.1. The van der Waals surface area contributed by atoms with Crippen LogP contribution in [0.15, 0.2) is 64.3 Å². The number of hydrogen-bond acceptors (Lipinski definition) is 5. The van der Waals surface area contributed by atoms with Crippen molar-refractivity contribution in [3.05, 3.63) is 85.6 Å². The van der Waals surface area contributed by atoms with E-state index in [9.17, 15) is 9.59 Å². The lowest BCUT2D eigenvalue weighted by molar-refractivity contribution is -0.113. The summed E-state index contributed by atoms with van der Waals surface area (Å²) in [7, 11) is 0. The lowest BCUT2D eigenvalue weighted by Gasteiger charge is -2.15. The van der Waals surface area contributed by atoms with E-state index in [2.05, 4.69) is 5.32 Å². The summed E-state index contributed by atoms with van der Waals surface area (Å²) in [6.07, 6.45) is 1.44. The molecule has 0 unspecified atom stereocenters. The Labute approximate surface area is 208 Å². The number of aryl methyl sites for hydroxylation is 1. The minimum atomic E-state index is -0.337. The molecule has 4 rings (SSSR count). The molecule has 2 aromatic carbocycles. The Bertz CT molecular complexity index is 1330. The van der Waals surface area contributed by atoms with Crippen LogP contribution >= 0.6 is 59.4 Å². The Kier molecular flexibility index (Phi) is 6.55. The number of nitrogens with zero attached hydrogens (tertiary/aromatic N) is 3. The molecule has 1 saturated heterocycles. The van der Waals surface area contributed by atoms with Crippen molar-refractivity contribution in [2.75, 3.05) is 10.2 Å². The average molecular weight is 521 g/mol. The molecule has 2 heterocycles. The molecule has 0 aliphatic carbocycles. The van der Waals surface area contributed by atoms with E-state index in [-0.39, 0.29) is 16.6 Å². The van der Waals surface area contributed by atoms with Gasteiger partial charge in [-0.2, -0.15) is 0 Å². The average Bonchev–Trinajstić information content (AvgIpc) is 3.19. The lowest BCUT2D eigenvalue weighted by atomic mass is 10.3. The highest BCUT2D eigenvalue weighted by atomic mass is 35.5. The highest BCUT2D eigenvalue weighted by molar-refractivity contribution is 8.27. The van der Waals surface area contributed by atoms with Crippen LogP contribution < -0.4 is 15.8 Å². The number of halogens is 2. The number of aromatic nitrogens is 2. The van der Waals surface area contributed by atoms with Gasteiger partial charge in [-0.05, 0) is 67.7 Å². The normalized spacial score (nSPS) is 15.0. The van der Waals surface area contributed by atoms with E-state index in [0.29, 0.717) is 36.3 Å². The highest BCUT2D eigenvalue weighted by Gasteiger charge is 2.34. The number of hydrogen-bond donors (Lipinski definition) is 1. The molecule has 0 atom stereocenters. The quantitative estimate of drug-likeness (QED) is 0.369. The number of thiocarbonyl (C=S) groups is 2. The maximum absolute atomic E-state index is 13.1. The molecule has 1 aliphatic heterocycles. The molecule has 1 amide bonds. The fraction of sp³-hybridized carbons (Fsp3) is 0.0476. The molecule has 6 nitrogen and oxygen atoms in total. The van der Waals surface area contributed by atoms with Crippen molar-refractivity contribution >= 4 is 92.3 Å². The second-order valence-corrected chi connectivity index (χ2v) is 9.63. The van der Waals surface area contributed by atoms with Crippen LogP contribution in [0, 0.1) is 6.92 Å². The van der Waals surface area contributed by atoms with Crippen LogP contribution in [0.3, 0.4) is 0 Å². The van der Waals surface area contributed by atoms with E-state index in [1.807, 2.05) is 0 Å². The number of nitrogens with one attached hydrogen (secondary N) is 1. The predicted octanol–water partition coefficient (Wildman–Crippen LogP) is 5.37. The predicted molar refractivity (Wildman–Crippen MR) is 140 cm³/mol. The first-order chi connectivity index (χ1) is 15.2. The third-order valence-electron chi connectivity index (χ3n) is 4.51. The van der Waals surface area contributed by atoms with Crippen molar-refractivity contribution in [3.8, 4) is 0 Å². The molecule has 32 heavy (non-hydrogen) atoms. The molecule has 3 aromatic rings. The number of carbonyl (C=O) groups is 1. The van der Waals surface area contributed by atoms with Crippen molar-refractivity contribution in [3.63, 3.8) is 0 Å². The molecule has 1 N–H and O–H groups in total. The third-order valence-corrected chi connectivity index (χ3v) is 6.58. The smallest absolute Gasteiger partial charge is 0.272 e. The van der Waals surface area contributed by atoms with E-state index < -0.39 is 0 Å². The number of anilines is 2. The summed E-state index contributed by atoms with van der Waals surface area (Å²) >= 11 is 23.9. The SMILES string of the molecule is Cc1cc(=O)n(/C=C2\SC(=S)N(c3ccc(Cl)cc3)C2=O)n1C(=S)Nc1ccc(Cl)cc1. The summed E-state index contributed by atoms with van der Waals surface area (Å²) in [6.45, 7) is 1.75. The van der Waals surface area contributed by atoms with Crippen molar-refractivity contribution in [1.29, 1.82) is 0 Å². The van der Waals surface area contributed by atoms with E-state index in [0.717, 1.165) is 11.8 Å². The van der Waals surface area contributed by atoms with Crippen molar-refractivity contribution in [2.24, 2.45) is 0 Å². The van der Waals surface area contributed by atoms with Crippen LogP contribution in [0.1, 0.15) is 5.69 Å². The Balaban J connectivity index is 1.67. The highest BCUT2D eigenvalue weighted by Crippen LogP contribution is 2.35. The number of thioether (sulfide) groups is 1. The molecule has 11 heteroatoms. The topological polar surface area (TPSA) is 59.3 Å². The fourth-order valence-corrected chi connectivity index (χ4v) is 4.90. The monoisotopic (exact) mass is 520 g/mol. The van der Waals surface area contributed by atoms with Gasteiger partial charge in [-0.1, -0.05) is 47.2 Å². The van der Waals surface area contributed by atoms with Crippen LogP contribution in [0.25, 0.3) is 6.20 Å². The van der Waals surface area contributed by atoms with Gasteiger partial charge >= 0.3 is 0 Å². The maximum Gasteiger partial charge on any atom is 0.272 e. The van der Waals surface area contributed by atoms with E-state index in [1.165, 1.54) is 26.5 Å². The molecule has 0 saturated carbocycles. The van der Waals surface area contributed by atoms with Crippen LogP contribution in [0.5, 0.6) is 0 Å². The Morgan fingerprint density at radius 3 is 2.25 bits per heavy atom. The van der Waals surface area contributed by atoms with Crippen LogP contribution in [-0.2, 0) is 4.79 Å². The van der Waals surface area contributed by atoms with Crippen LogP contribution in [-0.4, -0.2) is 24.7 Å². The summed E-state index contributed by atoms with van der Waals surface area (Å²) in [5.41, 5.74) is 1.57. The zero-order chi connectivity index (χ0) is 23.0. The largest absolute Gasteiger partial charge is 0.331 e. The van der Waals surface area contributed by atoms with Gasteiger partial charge in [0, 0.05) is 27.5 Å². The Hall–Kier alpha value is -2.43. The Morgan fingerprint density at radius 1 is 1.03 bits per heavy atom. The van der Waals surface area contributed by atoms with Crippen molar-refractivity contribution in [1.82, 2.24) is 9.36 Å². The third kappa shape index (κ3) is 4.53. The second-order valence-electron chi connectivity index (χ2n) is 6.70. The van der Waals surface area contributed by atoms with Gasteiger partial charge in [-0.15, -0.1) is 0 Å². The second kappa shape index (κ2) is 9.21. The van der Waals surface area contributed by atoms with Gasteiger partial charge in [0.2, 0.25) is 0 Å². The molecule has 1 fully saturated rings. The summed E-state index contributed by atoms with van der Waals surface area (Å²) in [4.78, 5) is 27.4. The molecule has 0 radical (unpaired) electrons. The Morgan fingerprint density at radius 2 is 1.62 bits per heavy atom. The summed E-state index contributed by atoms with van der Waals surface area (Å²) < 4.78 is 3.16. The molecule has 0 bridgehead atoms. The molecular weight excluding hydrogens is 507 g/mol. The molecule has 0 spiro atoms. The van der Waals surface area contributed by atoms with Gasteiger partial charge in [0.05, 0.1) is 16.8 Å². The van der Waals surface area contributed by atoms with E-state index >= 15 is 0 Å². The first kappa shape index (κ1) is 22.8. The van der Waals surface area contributed by atoms with Gasteiger partial charge in [-0.25, -0.2) is 9.36 Å². The standard InChI is InChI=1S/C21H14Cl2N4O2S3/c1-12-10-18(28)25(27(12)20(30)24-15-6-2-13(22)3-7-15)11-17-19(29)26(21(31)32-17)16-8-4-14(23)5-9-16/h2-11H,1H3,(H,24,30)/b17-11-. The summed E-state index contributed by atoms with van der Waals surface area (Å²) in [5, 5.41) is 4.48. The zero-order valence-electron chi connectivity index (χ0n) is 16.4. The van der Waals surface area contributed by atoms with Gasteiger partial charge in [0.25, 0.3) is 11.5 Å². The van der Waals surface area contributed by atoms with Crippen molar-refractivity contribution in [2.45, 2.75) is 6.92 Å². The lowest BCUT2D eigenvalue weighted by Crippen LogP contribution is -2.30. The number of carbonyl (C=O) groups excluding carboxylic acids is 1. The van der Waals surface area contributed by atoms with E-state index in [1.54, 1.807) is 55.5 Å². The molecular formula is C21H14Cl2N4O2S3. The van der Waals surface area contributed by atoms with Crippen LogP contribution in [0.2, 0.25) is 10.0 Å². The van der Waals surface area contributed by atoms with E-state index in [4.69, 9.17) is 47.6 Å². The summed E-state index contributed by atoms with van der Waals surface area (Å²) in [6, 6.07) is 15.2. The van der Waals surface area contributed by atoms with Crippen LogP contribution in [0.4, 0.5) is 11.4 Å². The van der Waals surface area contributed by atoms with Gasteiger partial charge in [0.15, 0.2) is 9.43 Å². The first-order valence-electron chi connectivity index (χ1n) is 9.16. The number of amides is 1. The molecule has 1 aliphatic rings. The summed E-state index contributed by atoms with van der Waals surface area (Å²) in [5.74, 6) is -0.337. The van der Waals surface area contributed by atoms with Gasteiger partial charge < -0.3 is 5.32 Å². The van der Waals surface area contributed by atoms with Crippen molar-refractivity contribution < 1.29 is 4.79 Å². The first-order valence-corrected chi connectivity index (χ1v) is 11.6. The minimum Gasteiger partial charge on any atom is -0.331 e. The zero-order valence-corrected chi connectivity index (χ0v) is 20.4. The fourth-order valence-electron chi connectivity index (χ4n) is 3.05. The number of rotatable bonds is 3. The minimum absolute atomic E-state index is 0.261. The number of benzene rings is 2. The molecule has 1 aromatic heterocycles.